The fourth-order valence-corrected chi connectivity index (χ4v) is 5.31. The highest BCUT2D eigenvalue weighted by Crippen LogP contribution is 2.35. The van der Waals surface area contributed by atoms with Gasteiger partial charge in [0.15, 0.2) is 0 Å². The number of nitrogens with zero attached hydrogens (tertiary/aromatic N) is 2. The van der Waals surface area contributed by atoms with E-state index in [2.05, 4.69) is 34.7 Å². The molecule has 31 heavy (non-hydrogen) atoms. The van der Waals surface area contributed by atoms with Crippen LogP contribution in [0.2, 0.25) is 0 Å². The molecule has 4 nitrogen and oxygen atoms in total. The van der Waals surface area contributed by atoms with Gasteiger partial charge in [0.25, 0.3) is 11.1 Å². The number of carbonyl (C=O) groups is 2. The largest absolute Gasteiger partial charge is 0.371 e. The lowest BCUT2D eigenvalue weighted by Gasteiger charge is -2.22. The molecule has 0 bridgehead atoms. The molecule has 158 valence electrons. The Morgan fingerprint density at radius 3 is 2.48 bits per heavy atom. The van der Waals surface area contributed by atoms with Crippen molar-refractivity contribution in [2.24, 2.45) is 0 Å². The van der Waals surface area contributed by atoms with E-state index in [0.717, 1.165) is 56.9 Å². The third-order valence-electron chi connectivity index (χ3n) is 5.46. The van der Waals surface area contributed by atoms with Crippen LogP contribution in [0.4, 0.5) is 10.5 Å². The van der Waals surface area contributed by atoms with Gasteiger partial charge < -0.3 is 4.90 Å². The van der Waals surface area contributed by atoms with Crippen molar-refractivity contribution in [1.82, 2.24) is 4.90 Å². The van der Waals surface area contributed by atoms with Gasteiger partial charge in [0, 0.05) is 17.6 Å². The second-order valence-electron chi connectivity index (χ2n) is 7.29. The first-order valence-corrected chi connectivity index (χ1v) is 11.9. The monoisotopic (exact) mass is 494 g/mol. The Balaban J connectivity index is 1.58. The van der Waals surface area contributed by atoms with Crippen LogP contribution in [0.25, 0.3) is 16.8 Å². The Kier molecular flexibility index (Phi) is 6.49. The molecule has 2 amide bonds. The number of anilines is 1. The Hall–Kier alpha value is -2.57. The van der Waals surface area contributed by atoms with Gasteiger partial charge in [-0.15, -0.1) is 0 Å². The Morgan fingerprint density at radius 1 is 1.00 bits per heavy atom. The van der Waals surface area contributed by atoms with E-state index in [9.17, 15) is 9.59 Å². The maximum absolute atomic E-state index is 13.0. The fraction of sp³-hybridized carbons (Fsp3) is 0.200. The lowest BCUT2D eigenvalue weighted by Crippen LogP contribution is -2.27. The Labute approximate surface area is 195 Å². The number of halogens is 1. The molecule has 0 unspecified atom stereocenters. The van der Waals surface area contributed by atoms with Gasteiger partial charge >= 0.3 is 0 Å². The molecular weight excluding hydrogens is 472 g/mol. The van der Waals surface area contributed by atoms with Gasteiger partial charge in [-0.05, 0) is 81.6 Å². The van der Waals surface area contributed by atoms with E-state index in [0.29, 0.717) is 4.91 Å². The summed E-state index contributed by atoms with van der Waals surface area (Å²) in [6.45, 7) is 6.35. The first-order valence-electron chi connectivity index (χ1n) is 10.3. The molecule has 0 aromatic heterocycles. The van der Waals surface area contributed by atoms with Crippen LogP contribution in [-0.2, 0) is 11.3 Å². The van der Waals surface area contributed by atoms with Crippen molar-refractivity contribution in [3.8, 4) is 0 Å². The van der Waals surface area contributed by atoms with Gasteiger partial charge in [0.05, 0.1) is 17.1 Å². The molecule has 0 aliphatic carbocycles. The average Bonchev–Trinajstić information content (AvgIpc) is 3.03. The summed E-state index contributed by atoms with van der Waals surface area (Å²) in [6.07, 6.45) is 1.80. The summed E-state index contributed by atoms with van der Waals surface area (Å²) in [5.74, 6) is -0.244. The minimum atomic E-state index is -0.244. The van der Waals surface area contributed by atoms with E-state index >= 15 is 0 Å². The van der Waals surface area contributed by atoms with E-state index in [-0.39, 0.29) is 17.7 Å². The van der Waals surface area contributed by atoms with Crippen LogP contribution in [-0.4, -0.2) is 29.1 Å². The SMILES string of the molecule is CCN(CC)c1ccc(/C=C2/SC(=O)N(Cc3cccc4ccccc34)C2=O)cc1Br. The van der Waals surface area contributed by atoms with Crippen molar-refractivity contribution in [3.63, 3.8) is 0 Å². The zero-order valence-corrected chi connectivity index (χ0v) is 19.9. The topological polar surface area (TPSA) is 40.6 Å². The predicted octanol–water partition coefficient (Wildman–Crippen LogP) is 6.69. The minimum Gasteiger partial charge on any atom is -0.371 e. The molecule has 0 saturated carbocycles. The summed E-state index contributed by atoms with van der Waals surface area (Å²) in [6, 6.07) is 20.0. The van der Waals surface area contributed by atoms with Crippen LogP contribution in [0.3, 0.4) is 0 Å². The van der Waals surface area contributed by atoms with Gasteiger partial charge in [-0.25, -0.2) is 0 Å². The maximum Gasteiger partial charge on any atom is 0.293 e. The van der Waals surface area contributed by atoms with Crippen LogP contribution in [0, 0.1) is 0 Å². The van der Waals surface area contributed by atoms with E-state index in [4.69, 9.17) is 0 Å². The number of hydrogen-bond donors (Lipinski definition) is 0. The van der Waals surface area contributed by atoms with Crippen molar-refractivity contribution in [3.05, 3.63) is 81.2 Å². The molecule has 3 aromatic carbocycles. The van der Waals surface area contributed by atoms with Crippen LogP contribution in [0.1, 0.15) is 25.0 Å². The van der Waals surface area contributed by atoms with E-state index in [1.54, 1.807) is 6.08 Å². The number of benzene rings is 3. The first-order chi connectivity index (χ1) is 15.0. The quantitative estimate of drug-likeness (QED) is 0.358. The number of amides is 2. The van der Waals surface area contributed by atoms with E-state index in [1.165, 1.54) is 4.90 Å². The fourth-order valence-electron chi connectivity index (χ4n) is 3.82. The zero-order chi connectivity index (χ0) is 22.0. The van der Waals surface area contributed by atoms with Crippen LogP contribution >= 0.6 is 27.7 Å². The molecule has 0 N–H and O–H groups in total. The number of fused-ring (bicyclic) bond motifs is 1. The molecule has 0 atom stereocenters. The lowest BCUT2D eigenvalue weighted by atomic mass is 10.0. The third kappa shape index (κ3) is 4.41. The summed E-state index contributed by atoms with van der Waals surface area (Å²) in [5.41, 5.74) is 2.97. The van der Waals surface area contributed by atoms with Crippen LogP contribution in [0.15, 0.2) is 70.0 Å². The highest BCUT2D eigenvalue weighted by Gasteiger charge is 2.35. The summed E-state index contributed by atoms with van der Waals surface area (Å²) < 4.78 is 0.972. The van der Waals surface area contributed by atoms with Crippen molar-refractivity contribution in [1.29, 1.82) is 0 Å². The lowest BCUT2D eigenvalue weighted by molar-refractivity contribution is -0.123. The highest BCUT2D eigenvalue weighted by atomic mass is 79.9. The molecule has 4 rings (SSSR count). The van der Waals surface area contributed by atoms with Crippen molar-refractivity contribution < 1.29 is 9.59 Å². The molecule has 1 aliphatic heterocycles. The normalized spacial score (nSPS) is 15.3. The molecule has 6 heteroatoms. The highest BCUT2D eigenvalue weighted by molar-refractivity contribution is 9.10. The number of carbonyl (C=O) groups excluding carboxylic acids is 2. The number of thioether (sulfide) groups is 1. The molecule has 0 radical (unpaired) electrons. The van der Waals surface area contributed by atoms with Gasteiger partial charge in [0.1, 0.15) is 0 Å². The van der Waals surface area contributed by atoms with E-state index < -0.39 is 0 Å². The molecule has 3 aromatic rings. The standard InChI is InChI=1S/C25H23BrN2O2S/c1-3-27(4-2)22-13-12-17(14-21(22)26)15-23-24(29)28(25(30)31-23)16-19-10-7-9-18-8-5-6-11-20(18)19/h5-15H,3-4,16H2,1-2H3/b23-15+. The zero-order valence-electron chi connectivity index (χ0n) is 17.5. The number of hydrogen-bond acceptors (Lipinski definition) is 4. The average molecular weight is 495 g/mol. The molecular formula is C25H23BrN2O2S. The predicted molar refractivity (Wildman–Crippen MR) is 133 cm³/mol. The summed E-state index contributed by atoms with van der Waals surface area (Å²) in [4.78, 5) is 29.7. The molecule has 1 aliphatic rings. The molecule has 0 spiro atoms. The van der Waals surface area contributed by atoms with Gasteiger partial charge in [-0.2, -0.15) is 0 Å². The second-order valence-corrected chi connectivity index (χ2v) is 9.14. The number of rotatable bonds is 6. The number of imide groups is 1. The van der Waals surface area contributed by atoms with Gasteiger partial charge in [-0.3, -0.25) is 14.5 Å². The van der Waals surface area contributed by atoms with Crippen LogP contribution in [0.5, 0.6) is 0 Å². The van der Waals surface area contributed by atoms with Gasteiger partial charge in [-0.1, -0.05) is 48.5 Å². The smallest absolute Gasteiger partial charge is 0.293 e. The summed E-state index contributed by atoms with van der Waals surface area (Å²) >= 11 is 4.64. The first kappa shape index (κ1) is 21.7. The molecule has 1 fully saturated rings. The maximum atomic E-state index is 13.0. The van der Waals surface area contributed by atoms with Gasteiger partial charge in [0.2, 0.25) is 0 Å². The van der Waals surface area contributed by atoms with Crippen LogP contribution < -0.4 is 4.90 Å². The minimum absolute atomic E-state index is 0.233. The van der Waals surface area contributed by atoms with Crippen molar-refractivity contribution in [2.75, 3.05) is 18.0 Å². The van der Waals surface area contributed by atoms with Crippen molar-refractivity contribution in [2.45, 2.75) is 20.4 Å². The molecule has 1 heterocycles. The second kappa shape index (κ2) is 9.28. The van der Waals surface area contributed by atoms with Crippen molar-refractivity contribution >= 4 is 61.4 Å². The third-order valence-corrected chi connectivity index (χ3v) is 7.00. The van der Waals surface area contributed by atoms with E-state index in [1.807, 2.05) is 60.7 Å². The Morgan fingerprint density at radius 2 is 1.74 bits per heavy atom. The Bertz CT molecular complexity index is 1180. The summed E-state index contributed by atoms with van der Waals surface area (Å²) in [5, 5.41) is 1.92. The summed E-state index contributed by atoms with van der Waals surface area (Å²) in [7, 11) is 0. The molecule has 1 saturated heterocycles.